The van der Waals surface area contributed by atoms with Crippen LogP contribution in [-0.2, 0) is 4.79 Å². The minimum atomic E-state index is -0.866. The molecule has 1 atom stereocenters. The van der Waals surface area contributed by atoms with E-state index in [0.29, 0.717) is 21.3 Å². The smallest absolute Gasteiger partial charge is 0.272 e. The van der Waals surface area contributed by atoms with Crippen LogP contribution in [0.15, 0.2) is 42.5 Å². The molecule has 6 nitrogen and oxygen atoms in total. The first-order chi connectivity index (χ1) is 16.3. The Morgan fingerprint density at radius 2 is 1.85 bits per heavy atom. The minimum absolute atomic E-state index is 0.110. The van der Waals surface area contributed by atoms with Crippen molar-refractivity contribution in [1.82, 2.24) is 14.9 Å². The van der Waals surface area contributed by atoms with E-state index in [1.807, 2.05) is 50.2 Å². The van der Waals surface area contributed by atoms with Crippen LogP contribution in [0, 0.1) is 20.8 Å². The lowest BCUT2D eigenvalue weighted by atomic mass is 9.94. The fourth-order valence-electron chi connectivity index (χ4n) is 4.44. The molecule has 178 valence electrons. The lowest BCUT2D eigenvalue weighted by molar-refractivity contribution is -0.123. The summed E-state index contributed by atoms with van der Waals surface area (Å²) >= 11 is 7.50. The third-order valence-corrected chi connectivity index (χ3v) is 7.54. The second-order valence-corrected chi connectivity index (χ2v) is 10.1. The molecule has 1 fully saturated rings. The number of carbonyl (C=O) groups is 2. The number of carbonyl (C=O) groups excluding carboxylic acids is 2. The summed E-state index contributed by atoms with van der Waals surface area (Å²) in [4.78, 5) is 29.8. The van der Waals surface area contributed by atoms with Crippen LogP contribution >= 0.6 is 23.1 Å². The van der Waals surface area contributed by atoms with Gasteiger partial charge in [-0.1, -0.05) is 71.2 Å². The molecule has 1 aromatic heterocycles. The van der Waals surface area contributed by atoms with Crippen LogP contribution in [0.5, 0.6) is 0 Å². The maximum atomic E-state index is 14.0. The molecule has 3 aromatic rings. The van der Waals surface area contributed by atoms with E-state index in [2.05, 4.69) is 14.9 Å². The molecule has 1 heterocycles. The maximum absolute atomic E-state index is 14.0. The van der Waals surface area contributed by atoms with Crippen LogP contribution in [0.2, 0.25) is 5.02 Å². The molecule has 1 N–H and O–H groups in total. The molecule has 34 heavy (non-hydrogen) atoms. The number of rotatable bonds is 6. The lowest BCUT2D eigenvalue weighted by Gasteiger charge is -2.33. The van der Waals surface area contributed by atoms with Crippen molar-refractivity contribution in [3.63, 3.8) is 0 Å². The Bertz CT molecular complexity index is 1190. The molecule has 0 radical (unpaired) electrons. The molecule has 1 unspecified atom stereocenters. The first-order valence-electron chi connectivity index (χ1n) is 11.6. The van der Waals surface area contributed by atoms with E-state index in [1.165, 1.54) is 6.42 Å². The number of benzene rings is 2. The van der Waals surface area contributed by atoms with Crippen molar-refractivity contribution in [3.8, 4) is 0 Å². The standard InChI is InChI=1S/C26H29ClN4O2S/c1-16-8-7-9-19(14-16)23(25(32)28-20-10-5-4-6-11-20)31(21-13-12-17(2)22(27)15-21)26(33)24-18(3)29-30-34-24/h7-9,12-15,20,23H,4-6,10-11H2,1-3H3,(H,28,32). The third-order valence-electron chi connectivity index (χ3n) is 6.31. The number of amides is 2. The Kier molecular flexibility index (Phi) is 7.63. The predicted octanol–water partition coefficient (Wildman–Crippen LogP) is 5.95. The minimum Gasteiger partial charge on any atom is -0.351 e. The van der Waals surface area contributed by atoms with Gasteiger partial charge >= 0.3 is 0 Å². The first-order valence-corrected chi connectivity index (χ1v) is 12.8. The van der Waals surface area contributed by atoms with Crippen LogP contribution in [0.1, 0.15) is 70.2 Å². The van der Waals surface area contributed by atoms with Gasteiger partial charge in [0.25, 0.3) is 5.91 Å². The van der Waals surface area contributed by atoms with Gasteiger partial charge in [0.1, 0.15) is 10.9 Å². The largest absolute Gasteiger partial charge is 0.351 e. The second-order valence-electron chi connectivity index (χ2n) is 8.96. The van der Waals surface area contributed by atoms with Crippen LogP contribution in [-0.4, -0.2) is 27.4 Å². The summed E-state index contributed by atoms with van der Waals surface area (Å²) in [5.41, 5.74) is 3.74. The van der Waals surface area contributed by atoms with Gasteiger partial charge < -0.3 is 5.32 Å². The first kappa shape index (κ1) is 24.4. The summed E-state index contributed by atoms with van der Waals surface area (Å²) in [6.07, 6.45) is 5.30. The van der Waals surface area contributed by atoms with E-state index in [0.717, 1.165) is 53.9 Å². The van der Waals surface area contributed by atoms with E-state index in [-0.39, 0.29) is 17.9 Å². The fourth-order valence-corrected chi connectivity index (χ4v) is 5.21. The van der Waals surface area contributed by atoms with Gasteiger partial charge in [0.15, 0.2) is 0 Å². The van der Waals surface area contributed by atoms with Gasteiger partial charge in [-0.2, -0.15) is 0 Å². The Morgan fingerprint density at radius 3 is 2.50 bits per heavy atom. The monoisotopic (exact) mass is 496 g/mol. The van der Waals surface area contributed by atoms with Crippen LogP contribution in [0.25, 0.3) is 0 Å². The zero-order chi connectivity index (χ0) is 24.2. The van der Waals surface area contributed by atoms with Gasteiger partial charge in [0.05, 0.1) is 5.69 Å². The zero-order valence-electron chi connectivity index (χ0n) is 19.7. The fraction of sp³-hybridized carbons (Fsp3) is 0.385. The number of hydrogen-bond acceptors (Lipinski definition) is 5. The van der Waals surface area contributed by atoms with Crippen LogP contribution < -0.4 is 10.2 Å². The van der Waals surface area contributed by atoms with E-state index in [4.69, 9.17) is 11.6 Å². The van der Waals surface area contributed by atoms with Crippen molar-refractivity contribution in [3.05, 3.63) is 74.7 Å². The molecule has 4 rings (SSSR count). The van der Waals surface area contributed by atoms with Crippen molar-refractivity contribution in [2.45, 2.75) is 65.0 Å². The highest BCUT2D eigenvalue weighted by Gasteiger charge is 2.36. The molecular weight excluding hydrogens is 468 g/mol. The van der Waals surface area contributed by atoms with Gasteiger partial charge in [0.2, 0.25) is 5.91 Å². The van der Waals surface area contributed by atoms with Gasteiger partial charge in [-0.15, -0.1) is 5.10 Å². The number of aryl methyl sites for hydroxylation is 3. The van der Waals surface area contributed by atoms with E-state index >= 15 is 0 Å². The summed E-state index contributed by atoms with van der Waals surface area (Å²) in [5, 5.41) is 7.79. The molecule has 0 bridgehead atoms. The molecule has 0 saturated heterocycles. The van der Waals surface area contributed by atoms with Crippen molar-refractivity contribution in [2.24, 2.45) is 0 Å². The van der Waals surface area contributed by atoms with E-state index in [9.17, 15) is 9.59 Å². The summed E-state index contributed by atoms with van der Waals surface area (Å²) in [6.45, 7) is 5.63. The summed E-state index contributed by atoms with van der Waals surface area (Å²) < 4.78 is 3.95. The number of nitrogens with one attached hydrogen (secondary N) is 1. The second kappa shape index (κ2) is 10.7. The number of aromatic nitrogens is 2. The number of halogens is 1. The lowest BCUT2D eigenvalue weighted by Crippen LogP contribution is -2.47. The number of anilines is 1. The quantitative estimate of drug-likeness (QED) is 0.457. The summed E-state index contributed by atoms with van der Waals surface area (Å²) in [5.74, 6) is -0.518. The molecule has 0 aliphatic heterocycles. The molecule has 0 spiro atoms. The van der Waals surface area contributed by atoms with Crippen LogP contribution in [0.4, 0.5) is 5.69 Å². The Morgan fingerprint density at radius 1 is 1.09 bits per heavy atom. The van der Waals surface area contributed by atoms with Crippen LogP contribution in [0.3, 0.4) is 0 Å². The maximum Gasteiger partial charge on any atom is 0.272 e. The summed E-state index contributed by atoms with van der Waals surface area (Å²) in [7, 11) is 0. The van der Waals surface area contributed by atoms with Gasteiger partial charge in [0, 0.05) is 16.8 Å². The average molecular weight is 497 g/mol. The molecule has 2 aromatic carbocycles. The van der Waals surface area contributed by atoms with Gasteiger partial charge in [-0.3, -0.25) is 14.5 Å². The Labute approximate surface area is 209 Å². The van der Waals surface area contributed by atoms with Crippen molar-refractivity contribution >= 4 is 40.6 Å². The number of nitrogens with zero attached hydrogens (tertiary/aromatic N) is 3. The zero-order valence-corrected chi connectivity index (χ0v) is 21.2. The predicted molar refractivity (Wildman–Crippen MR) is 137 cm³/mol. The number of hydrogen-bond donors (Lipinski definition) is 1. The SMILES string of the molecule is Cc1cccc(C(C(=O)NC2CCCCC2)N(C(=O)c2snnc2C)c2ccc(C)c(Cl)c2)c1. The molecular formula is C26H29ClN4O2S. The highest BCUT2D eigenvalue weighted by Crippen LogP contribution is 2.34. The summed E-state index contributed by atoms with van der Waals surface area (Å²) in [6, 6.07) is 12.4. The van der Waals surface area contributed by atoms with Crippen molar-refractivity contribution in [1.29, 1.82) is 0 Å². The molecule has 2 amide bonds. The van der Waals surface area contributed by atoms with E-state index in [1.54, 1.807) is 17.9 Å². The van der Waals surface area contributed by atoms with Crippen molar-refractivity contribution in [2.75, 3.05) is 4.90 Å². The van der Waals surface area contributed by atoms with Gasteiger partial charge in [-0.05, 0) is 68.4 Å². The highest BCUT2D eigenvalue weighted by molar-refractivity contribution is 7.08. The molecule has 1 aliphatic carbocycles. The third kappa shape index (κ3) is 5.31. The Hall–Kier alpha value is -2.77. The van der Waals surface area contributed by atoms with Crippen molar-refractivity contribution < 1.29 is 9.59 Å². The molecule has 8 heteroatoms. The topological polar surface area (TPSA) is 75.2 Å². The average Bonchev–Trinajstić information content (AvgIpc) is 3.25. The molecule has 1 saturated carbocycles. The van der Waals surface area contributed by atoms with E-state index < -0.39 is 6.04 Å². The normalized spacial score (nSPS) is 15.1. The highest BCUT2D eigenvalue weighted by atomic mass is 35.5. The Balaban J connectivity index is 1.84. The molecule has 1 aliphatic rings. The van der Waals surface area contributed by atoms with Gasteiger partial charge in [-0.25, -0.2) is 0 Å².